The molecule has 0 fully saturated rings. The Balaban J connectivity index is 1.94. The summed E-state index contributed by atoms with van der Waals surface area (Å²) >= 11 is 1.30. The van der Waals surface area contributed by atoms with Crippen molar-refractivity contribution >= 4 is 17.4 Å². The van der Waals surface area contributed by atoms with Crippen LogP contribution in [0.5, 0.6) is 0 Å². The van der Waals surface area contributed by atoms with Gasteiger partial charge in [0.2, 0.25) is 0 Å². The summed E-state index contributed by atoms with van der Waals surface area (Å²) < 4.78 is 16.7. The number of halogens is 1. The van der Waals surface area contributed by atoms with Gasteiger partial charge in [0.25, 0.3) is 5.91 Å². The van der Waals surface area contributed by atoms with Crippen molar-refractivity contribution in [2.24, 2.45) is 0 Å². The summed E-state index contributed by atoms with van der Waals surface area (Å²) in [7, 11) is 0. The van der Waals surface area contributed by atoms with Gasteiger partial charge in [-0.15, -0.1) is 0 Å². The number of aromatic nitrogens is 1. The van der Waals surface area contributed by atoms with Gasteiger partial charge in [0.05, 0.1) is 0 Å². The van der Waals surface area contributed by atoms with Crippen LogP contribution in [0.25, 0.3) is 0 Å². The van der Waals surface area contributed by atoms with E-state index in [2.05, 4.69) is 9.69 Å². The molecule has 1 aromatic carbocycles. The first kappa shape index (κ1) is 11.7. The van der Waals surface area contributed by atoms with E-state index in [9.17, 15) is 9.18 Å². The summed E-state index contributed by atoms with van der Waals surface area (Å²) in [5.41, 5.74) is 1.28. The molecule has 0 spiro atoms. The molecule has 0 aliphatic carbocycles. The van der Waals surface area contributed by atoms with Crippen molar-refractivity contribution in [3.8, 4) is 0 Å². The van der Waals surface area contributed by atoms with Crippen LogP contribution in [0.1, 0.15) is 20.9 Å². The van der Waals surface area contributed by atoms with E-state index in [1.54, 1.807) is 18.2 Å². The molecular formula is C12H11FN2OS. The van der Waals surface area contributed by atoms with Gasteiger partial charge >= 0.3 is 0 Å². The molecule has 0 saturated heterocycles. The lowest BCUT2D eigenvalue weighted by Crippen LogP contribution is -2.22. The van der Waals surface area contributed by atoms with E-state index in [0.717, 1.165) is 10.4 Å². The summed E-state index contributed by atoms with van der Waals surface area (Å²) in [6, 6.07) is 7.76. The van der Waals surface area contributed by atoms with Gasteiger partial charge in [0, 0.05) is 11.4 Å². The van der Waals surface area contributed by atoms with Crippen molar-refractivity contribution in [1.29, 1.82) is 0 Å². The van der Waals surface area contributed by atoms with Crippen molar-refractivity contribution in [2.75, 3.05) is 0 Å². The molecule has 1 amide bonds. The number of hydrogen-bond acceptors (Lipinski definition) is 3. The minimum absolute atomic E-state index is 0.210. The molecule has 0 unspecified atom stereocenters. The molecule has 2 aromatic rings. The van der Waals surface area contributed by atoms with Crippen LogP contribution in [0.4, 0.5) is 4.39 Å². The second kappa shape index (κ2) is 5.05. The van der Waals surface area contributed by atoms with Crippen molar-refractivity contribution in [3.05, 3.63) is 52.3 Å². The van der Waals surface area contributed by atoms with Crippen LogP contribution < -0.4 is 5.32 Å². The second-order valence-corrected chi connectivity index (χ2v) is 4.64. The SMILES string of the molecule is Cc1cc(C(=O)NCc2ccc(F)cc2)ns1. The third kappa shape index (κ3) is 3.10. The standard InChI is InChI=1S/C12H11FN2OS/c1-8-6-11(15-17-8)12(16)14-7-9-2-4-10(13)5-3-9/h2-6H,7H2,1H3,(H,14,16). The van der Waals surface area contributed by atoms with Gasteiger partial charge in [-0.2, -0.15) is 4.37 Å². The van der Waals surface area contributed by atoms with E-state index in [1.807, 2.05) is 6.92 Å². The average molecular weight is 250 g/mol. The number of rotatable bonds is 3. The zero-order valence-corrected chi connectivity index (χ0v) is 10.1. The van der Waals surface area contributed by atoms with Crippen molar-refractivity contribution < 1.29 is 9.18 Å². The van der Waals surface area contributed by atoms with Crippen molar-refractivity contribution in [1.82, 2.24) is 9.69 Å². The van der Waals surface area contributed by atoms with Gasteiger partial charge < -0.3 is 5.32 Å². The maximum absolute atomic E-state index is 12.7. The van der Waals surface area contributed by atoms with Crippen LogP contribution in [0.2, 0.25) is 0 Å². The highest BCUT2D eigenvalue weighted by Crippen LogP contribution is 2.08. The lowest BCUT2D eigenvalue weighted by Gasteiger charge is -2.03. The summed E-state index contributed by atoms with van der Waals surface area (Å²) in [4.78, 5) is 12.7. The number of carbonyl (C=O) groups excluding carboxylic acids is 1. The van der Waals surface area contributed by atoms with E-state index < -0.39 is 0 Å². The van der Waals surface area contributed by atoms with Crippen LogP contribution in [-0.2, 0) is 6.54 Å². The van der Waals surface area contributed by atoms with Gasteiger partial charge in [0.15, 0.2) is 0 Å². The van der Waals surface area contributed by atoms with Gasteiger partial charge in [-0.1, -0.05) is 12.1 Å². The highest BCUT2D eigenvalue weighted by Gasteiger charge is 2.08. The number of carbonyl (C=O) groups is 1. The van der Waals surface area contributed by atoms with E-state index in [4.69, 9.17) is 0 Å². The molecule has 17 heavy (non-hydrogen) atoms. The van der Waals surface area contributed by atoms with Gasteiger partial charge in [-0.25, -0.2) is 4.39 Å². The predicted molar refractivity (Wildman–Crippen MR) is 64.4 cm³/mol. The minimum atomic E-state index is -0.282. The monoisotopic (exact) mass is 250 g/mol. The Kier molecular flexibility index (Phi) is 3.49. The maximum atomic E-state index is 12.7. The lowest BCUT2D eigenvalue weighted by atomic mass is 10.2. The fourth-order valence-electron chi connectivity index (χ4n) is 1.35. The number of aryl methyl sites for hydroxylation is 1. The Morgan fingerprint density at radius 3 is 2.71 bits per heavy atom. The van der Waals surface area contributed by atoms with Crippen LogP contribution >= 0.6 is 11.5 Å². The molecule has 3 nitrogen and oxygen atoms in total. The Bertz CT molecular complexity index is 522. The van der Waals surface area contributed by atoms with Gasteiger partial charge in [-0.05, 0) is 42.2 Å². The molecule has 88 valence electrons. The molecule has 0 aliphatic rings. The van der Waals surface area contributed by atoms with E-state index >= 15 is 0 Å². The smallest absolute Gasteiger partial charge is 0.271 e. The van der Waals surface area contributed by atoms with Crippen molar-refractivity contribution in [3.63, 3.8) is 0 Å². The number of nitrogens with zero attached hydrogens (tertiary/aromatic N) is 1. The largest absolute Gasteiger partial charge is 0.347 e. The fourth-order valence-corrected chi connectivity index (χ4v) is 1.89. The quantitative estimate of drug-likeness (QED) is 0.909. The lowest BCUT2D eigenvalue weighted by molar-refractivity contribution is 0.0947. The van der Waals surface area contributed by atoms with Crippen molar-refractivity contribution in [2.45, 2.75) is 13.5 Å². The Labute approximate surface area is 102 Å². The van der Waals surface area contributed by atoms with Crippen LogP contribution in [0.15, 0.2) is 30.3 Å². The molecule has 1 heterocycles. The maximum Gasteiger partial charge on any atom is 0.271 e. The summed E-state index contributed by atoms with van der Waals surface area (Å²) in [6.07, 6.45) is 0. The number of nitrogens with one attached hydrogen (secondary N) is 1. The average Bonchev–Trinajstić information content (AvgIpc) is 2.75. The third-order valence-corrected chi connectivity index (χ3v) is 2.92. The molecule has 0 bridgehead atoms. The fraction of sp³-hybridized carbons (Fsp3) is 0.167. The summed E-state index contributed by atoms with van der Waals surface area (Å²) in [5.74, 6) is -0.492. The predicted octanol–water partition coefficient (Wildman–Crippen LogP) is 2.52. The van der Waals surface area contributed by atoms with Crippen LogP contribution in [-0.4, -0.2) is 10.3 Å². The van der Waals surface area contributed by atoms with E-state index in [0.29, 0.717) is 12.2 Å². The molecule has 0 radical (unpaired) electrons. The van der Waals surface area contributed by atoms with Gasteiger partial charge in [0.1, 0.15) is 11.5 Å². The number of hydrogen-bond donors (Lipinski definition) is 1. The first-order valence-electron chi connectivity index (χ1n) is 5.11. The number of benzene rings is 1. The number of amides is 1. The molecule has 0 atom stereocenters. The first-order chi connectivity index (χ1) is 8.15. The highest BCUT2D eigenvalue weighted by molar-refractivity contribution is 7.05. The zero-order chi connectivity index (χ0) is 12.3. The minimum Gasteiger partial charge on any atom is -0.347 e. The normalized spacial score (nSPS) is 10.2. The third-order valence-electron chi connectivity index (χ3n) is 2.23. The van der Waals surface area contributed by atoms with Gasteiger partial charge in [-0.3, -0.25) is 4.79 Å². The Morgan fingerprint density at radius 2 is 2.12 bits per heavy atom. The molecule has 5 heteroatoms. The second-order valence-electron chi connectivity index (χ2n) is 3.63. The highest BCUT2D eigenvalue weighted by atomic mass is 32.1. The Morgan fingerprint density at radius 1 is 1.41 bits per heavy atom. The molecule has 0 saturated carbocycles. The molecule has 1 aromatic heterocycles. The Hall–Kier alpha value is -1.75. The van der Waals surface area contributed by atoms with E-state index in [1.165, 1.54) is 23.7 Å². The summed E-state index contributed by atoms with van der Waals surface area (Å²) in [5, 5.41) is 2.73. The van der Waals surface area contributed by atoms with Crippen LogP contribution in [0, 0.1) is 12.7 Å². The molecular weight excluding hydrogens is 239 g/mol. The molecule has 0 aliphatic heterocycles. The first-order valence-corrected chi connectivity index (χ1v) is 5.88. The van der Waals surface area contributed by atoms with E-state index in [-0.39, 0.29) is 11.7 Å². The molecule has 2 rings (SSSR count). The van der Waals surface area contributed by atoms with Crippen LogP contribution in [0.3, 0.4) is 0 Å². The molecule has 1 N–H and O–H groups in total. The zero-order valence-electron chi connectivity index (χ0n) is 9.24. The summed E-state index contributed by atoms with van der Waals surface area (Å²) in [6.45, 7) is 2.27. The topological polar surface area (TPSA) is 42.0 Å².